The summed E-state index contributed by atoms with van der Waals surface area (Å²) in [6.07, 6.45) is 1.91. The molecule has 0 unspecified atom stereocenters. The van der Waals surface area contributed by atoms with E-state index in [0.29, 0.717) is 17.0 Å². The number of nitrogens with zero attached hydrogens (tertiary/aromatic N) is 1. The Kier molecular flexibility index (Phi) is 5.72. The number of carbonyl (C=O) groups is 2. The minimum Gasteiger partial charge on any atom is -0.348 e. The van der Waals surface area contributed by atoms with Gasteiger partial charge in [0.15, 0.2) is 0 Å². The Balaban J connectivity index is 1.54. The third-order valence-electron chi connectivity index (χ3n) is 4.99. The first kappa shape index (κ1) is 20.0. The first-order valence-corrected chi connectivity index (χ1v) is 10.5. The largest absolute Gasteiger partial charge is 0.348 e. The molecular formula is C25H22N2O2S. The normalized spacial score (nSPS) is 14.5. The summed E-state index contributed by atoms with van der Waals surface area (Å²) >= 11 is 1.44. The lowest BCUT2D eigenvalue weighted by atomic mass is 10.1. The third kappa shape index (κ3) is 4.31. The van der Waals surface area contributed by atoms with E-state index in [-0.39, 0.29) is 11.8 Å². The molecule has 0 fully saturated rings. The number of rotatable bonds is 4. The Labute approximate surface area is 180 Å². The molecule has 0 bridgehead atoms. The quantitative estimate of drug-likeness (QED) is 0.609. The zero-order chi connectivity index (χ0) is 21.1. The van der Waals surface area contributed by atoms with E-state index in [1.807, 2.05) is 73.7 Å². The Bertz CT molecular complexity index is 1120. The summed E-state index contributed by atoms with van der Waals surface area (Å²) in [6, 6.07) is 23.3. The number of aryl methyl sites for hydroxylation is 1. The van der Waals surface area contributed by atoms with Crippen LogP contribution >= 0.6 is 11.8 Å². The zero-order valence-electron chi connectivity index (χ0n) is 16.9. The highest BCUT2D eigenvalue weighted by Crippen LogP contribution is 2.42. The van der Waals surface area contributed by atoms with E-state index in [0.717, 1.165) is 21.7 Å². The van der Waals surface area contributed by atoms with Crippen molar-refractivity contribution in [3.05, 3.63) is 100.0 Å². The molecule has 3 aromatic carbocycles. The highest BCUT2D eigenvalue weighted by molar-refractivity contribution is 8.04. The molecule has 5 heteroatoms. The van der Waals surface area contributed by atoms with Crippen LogP contribution in [0, 0.1) is 6.92 Å². The van der Waals surface area contributed by atoms with Crippen molar-refractivity contribution in [3.63, 3.8) is 0 Å². The number of hydrogen-bond donors (Lipinski definition) is 1. The average Bonchev–Trinajstić information content (AvgIpc) is 2.77. The van der Waals surface area contributed by atoms with Gasteiger partial charge in [0.05, 0.1) is 10.6 Å². The molecule has 1 aliphatic heterocycles. The van der Waals surface area contributed by atoms with Crippen LogP contribution in [0.3, 0.4) is 0 Å². The van der Waals surface area contributed by atoms with Crippen molar-refractivity contribution < 1.29 is 9.59 Å². The average molecular weight is 415 g/mol. The van der Waals surface area contributed by atoms with Gasteiger partial charge in [0.25, 0.3) is 11.8 Å². The van der Waals surface area contributed by atoms with Crippen molar-refractivity contribution in [2.24, 2.45) is 0 Å². The Morgan fingerprint density at radius 3 is 2.50 bits per heavy atom. The van der Waals surface area contributed by atoms with Crippen molar-refractivity contribution in [2.45, 2.75) is 18.4 Å². The molecule has 1 heterocycles. The SMILES string of the molecule is Cc1ccc(C=C2Sc3ccc(C(=O)NCc4ccccc4)cc3N(C)C2=O)cc1. The molecular weight excluding hydrogens is 392 g/mol. The van der Waals surface area contributed by atoms with Gasteiger partial charge in [0, 0.05) is 24.1 Å². The number of fused-ring (bicyclic) bond motifs is 1. The minimum absolute atomic E-state index is 0.0741. The number of likely N-dealkylation sites (N-methyl/N-ethyl adjacent to an activating group) is 1. The molecule has 0 saturated carbocycles. The molecule has 30 heavy (non-hydrogen) atoms. The molecule has 0 radical (unpaired) electrons. The van der Waals surface area contributed by atoms with Gasteiger partial charge in [0.1, 0.15) is 0 Å². The maximum absolute atomic E-state index is 12.9. The first-order chi connectivity index (χ1) is 14.5. The van der Waals surface area contributed by atoms with E-state index in [4.69, 9.17) is 0 Å². The van der Waals surface area contributed by atoms with Crippen molar-refractivity contribution >= 4 is 35.3 Å². The fourth-order valence-corrected chi connectivity index (χ4v) is 4.32. The van der Waals surface area contributed by atoms with Crippen molar-refractivity contribution in [3.8, 4) is 0 Å². The predicted molar refractivity (Wildman–Crippen MR) is 122 cm³/mol. The van der Waals surface area contributed by atoms with Crippen LogP contribution in [0.1, 0.15) is 27.0 Å². The molecule has 3 aromatic rings. The summed E-state index contributed by atoms with van der Waals surface area (Å²) in [5.74, 6) is -0.233. The predicted octanol–water partition coefficient (Wildman–Crippen LogP) is 5.03. The highest BCUT2D eigenvalue weighted by atomic mass is 32.2. The first-order valence-electron chi connectivity index (χ1n) is 9.72. The van der Waals surface area contributed by atoms with Crippen LogP contribution in [-0.4, -0.2) is 18.9 Å². The molecule has 150 valence electrons. The number of amides is 2. The molecule has 4 nitrogen and oxygen atoms in total. The summed E-state index contributed by atoms with van der Waals surface area (Å²) in [6.45, 7) is 2.50. The summed E-state index contributed by atoms with van der Waals surface area (Å²) in [4.78, 5) is 28.7. The van der Waals surface area contributed by atoms with Gasteiger partial charge in [0.2, 0.25) is 0 Å². The number of carbonyl (C=O) groups excluding carboxylic acids is 2. The summed E-state index contributed by atoms with van der Waals surface area (Å²) in [5, 5.41) is 2.93. The summed E-state index contributed by atoms with van der Waals surface area (Å²) < 4.78 is 0. The van der Waals surface area contributed by atoms with Crippen molar-refractivity contribution in [1.82, 2.24) is 5.32 Å². The third-order valence-corrected chi connectivity index (χ3v) is 6.07. The maximum Gasteiger partial charge on any atom is 0.264 e. The van der Waals surface area contributed by atoms with Gasteiger partial charge in [-0.1, -0.05) is 71.9 Å². The summed E-state index contributed by atoms with van der Waals surface area (Å²) in [7, 11) is 1.75. The Hall–Kier alpha value is -3.31. The van der Waals surface area contributed by atoms with E-state index in [2.05, 4.69) is 5.32 Å². The van der Waals surface area contributed by atoms with E-state index in [1.165, 1.54) is 17.3 Å². The molecule has 0 aromatic heterocycles. The van der Waals surface area contributed by atoms with Crippen molar-refractivity contribution in [1.29, 1.82) is 0 Å². The lowest BCUT2D eigenvalue weighted by molar-refractivity contribution is -0.114. The van der Waals surface area contributed by atoms with Crippen molar-refractivity contribution in [2.75, 3.05) is 11.9 Å². The van der Waals surface area contributed by atoms with E-state index < -0.39 is 0 Å². The minimum atomic E-state index is -0.159. The standard InChI is InChI=1S/C25H22N2O2S/c1-17-8-10-18(11-9-17)14-23-25(29)27(2)21-15-20(12-13-22(21)30-23)24(28)26-16-19-6-4-3-5-7-19/h3-15H,16H2,1-2H3,(H,26,28). The van der Waals surface area contributed by atoms with Gasteiger partial charge in [-0.2, -0.15) is 0 Å². The van der Waals surface area contributed by atoms with Crippen LogP contribution in [0.25, 0.3) is 6.08 Å². The maximum atomic E-state index is 12.9. The fraction of sp³-hybridized carbons (Fsp3) is 0.120. The molecule has 1 N–H and O–H groups in total. The van der Waals surface area contributed by atoms with Crippen LogP contribution in [0.2, 0.25) is 0 Å². The zero-order valence-corrected chi connectivity index (χ0v) is 17.7. The number of thioether (sulfide) groups is 1. The van der Waals surface area contributed by atoms with Gasteiger partial charge >= 0.3 is 0 Å². The van der Waals surface area contributed by atoms with Crippen LogP contribution in [-0.2, 0) is 11.3 Å². The van der Waals surface area contributed by atoms with Crippen LogP contribution in [0.15, 0.2) is 82.6 Å². The van der Waals surface area contributed by atoms with Gasteiger partial charge in [-0.05, 0) is 42.3 Å². The fourth-order valence-electron chi connectivity index (χ4n) is 3.23. The lowest BCUT2D eigenvalue weighted by Crippen LogP contribution is -2.31. The smallest absolute Gasteiger partial charge is 0.264 e. The molecule has 0 aliphatic carbocycles. The number of benzene rings is 3. The number of anilines is 1. The van der Waals surface area contributed by atoms with Gasteiger partial charge in [-0.25, -0.2) is 0 Å². The van der Waals surface area contributed by atoms with Gasteiger partial charge in [-0.15, -0.1) is 0 Å². The molecule has 1 aliphatic rings. The van der Waals surface area contributed by atoms with E-state index in [1.54, 1.807) is 24.1 Å². The monoisotopic (exact) mass is 414 g/mol. The van der Waals surface area contributed by atoms with E-state index >= 15 is 0 Å². The Morgan fingerprint density at radius 2 is 1.77 bits per heavy atom. The van der Waals surface area contributed by atoms with Crippen LogP contribution in [0.4, 0.5) is 5.69 Å². The molecule has 0 atom stereocenters. The topological polar surface area (TPSA) is 49.4 Å². The van der Waals surface area contributed by atoms with Gasteiger partial charge in [-0.3, -0.25) is 9.59 Å². The second-order valence-corrected chi connectivity index (χ2v) is 8.32. The van der Waals surface area contributed by atoms with E-state index in [9.17, 15) is 9.59 Å². The molecule has 0 spiro atoms. The van der Waals surface area contributed by atoms with Crippen LogP contribution in [0.5, 0.6) is 0 Å². The summed E-state index contributed by atoms with van der Waals surface area (Å²) in [5.41, 5.74) is 4.50. The van der Waals surface area contributed by atoms with Gasteiger partial charge < -0.3 is 10.2 Å². The number of hydrogen-bond acceptors (Lipinski definition) is 3. The molecule has 0 saturated heterocycles. The molecule has 2 amide bonds. The second kappa shape index (κ2) is 8.59. The Morgan fingerprint density at radius 1 is 1.03 bits per heavy atom. The van der Waals surface area contributed by atoms with Crippen LogP contribution < -0.4 is 10.2 Å². The lowest BCUT2D eigenvalue weighted by Gasteiger charge is -2.27. The number of nitrogens with one attached hydrogen (secondary N) is 1. The second-order valence-electron chi connectivity index (χ2n) is 7.24. The molecule has 4 rings (SSSR count). The highest BCUT2D eigenvalue weighted by Gasteiger charge is 2.27.